The highest BCUT2D eigenvalue weighted by atomic mass is 32.1. The van der Waals surface area contributed by atoms with Gasteiger partial charge in [-0.2, -0.15) is 0 Å². The summed E-state index contributed by atoms with van der Waals surface area (Å²) in [6.07, 6.45) is 4.17. The Morgan fingerprint density at radius 2 is 1.96 bits per heavy atom. The van der Waals surface area contributed by atoms with Crippen LogP contribution in [0.3, 0.4) is 0 Å². The third-order valence-corrected chi connectivity index (χ3v) is 4.09. The number of para-hydroxylation sites is 1. The zero-order valence-corrected chi connectivity index (χ0v) is 15.7. The number of anilines is 1. The summed E-state index contributed by atoms with van der Waals surface area (Å²) in [7, 11) is 1.64. The molecule has 0 saturated carbocycles. The summed E-state index contributed by atoms with van der Waals surface area (Å²) in [4.78, 5) is 4.59. The third kappa shape index (κ3) is 4.80. The molecule has 3 aromatic rings. The van der Waals surface area contributed by atoms with E-state index in [0.717, 1.165) is 29.2 Å². The van der Waals surface area contributed by atoms with Gasteiger partial charge in [0.15, 0.2) is 18.9 Å². The van der Waals surface area contributed by atoms with Gasteiger partial charge in [0, 0.05) is 28.9 Å². The van der Waals surface area contributed by atoms with Gasteiger partial charge in [0.1, 0.15) is 5.75 Å². The first kappa shape index (κ1) is 17.9. The maximum Gasteiger partial charge on any atom is 0.175 e. The SMILES string of the molecule is COc1cccc(NC([S-])=Nc2ccccc2C[n+]2cccc(C)c2)c1. The molecule has 132 valence electrons. The predicted octanol–water partition coefficient (Wildman–Crippen LogP) is 3.99. The molecule has 0 aliphatic heterocycles. The molecule has 0 bridgehead atoms. The Morgan fingerprint density at radius 3 is 2.77 bits per heavy atom. The average molecular weight is 363 g/mol. The highest BCUT2D eigenvalue weighted by Crippen LogP contribution is 2.20. The molecule has 0 radical (unpaired) electrons. The van der Waals surface area contributed by atoms with Crippen molar-refractivity contribution in [3.63, 3.8) is 0 Å². The Bertz CT molecular complexity index is 924. The lowest BCUT2D eigenvalue weighted by molar-refractivity contribution is -0.688. The number of aliphatic imine (C=N–C) groups is 1. The van der Waals surface area contributed by atoms with Crippen LogP contribution in [-0.2, 0) is 19.2 Å². The summed E-state index contributed by atoms with van der Waals surface area (Å²) in [6.45, 7) is 2.82. The highest BCUT2D eigenvalue weighted by Gasteiger charge is 2.07. The van der Waals surface area contributed by atoms with E-state index in [1.165, 1.54) is 5.56 Å². The maximum atomic E-state index is 5.42. The van der Waals surface area contributed by atoms with Crippen molar-refractivity contribution in [1.29, 1.82) is 0 Å². The monoisotopic (exact) mass is 363 g/mol. The number of methoxy groups -OCH3 is 1. The van der Waals surface area contributed by atoms with E-state index in [1.54, 1.807) is 7.11 Å². The van der Waals surface area contributed by atoms with Gasteiger partial charge in [0.25, 0.3) is 0 Å². The maximum absolute atomic E-state index is 5.42. The van der Waals surface area contributed by atoms with E-state index in [1.807, 2.05) is 48.5 Å². The van der Waals surface area contributed by atoms with E-state index in [-0.39, 0.29) is 0 Å². The van der Waals surface area contributed by atoms with E-state index in [4.69, 9.17) is 17.4 Å². The van der Waals surface area contributed by atoms with Crippen molar-refractivity contribution in [2.24, 2.45) is 4.99 Å². The van der Waals surface area contributed by atoms with Crippen LogP contribution in [0.15, 0.2) is 78.0 Å². The number of nitrogens with one attached hydrogen (secondary N) is 1. The zero-order chi connectivity index (χ0) is 18.4. The highest BCUT2D eigenvalue weighted by molar-refractivity contribution is 7.77. The molecule has 5 heteroatoms. The van der Waals surface area contributed by atoms with Gasteiger partial charge in [0.2, 0.25) is 0 Å². The third-order valence-electron chi connectivity index (χ3n) is 3.89. The van der Waals surface area contributed by atoms with Crippen LogP contribution in [0.5, 0.6) is 5.75 Å². The first-order valence-corrected chi connectivity index (χ1v) is 8.75. The van der Waals surface area contributed by atoms with Gasteiger partial charge in [-0.05, 0) is 36.4 Å². The molecule has 1 heterocycles. The van der Waals surface area contributed by atoms with E-state index in [2.05, 4.69) is 46.3 Å². The van der Waals surface area contributed by atoms with Gasteiger partial charge in [-0.25, -0.2) is 4.57 Å². The first-order chi connectivity index (χ1) is 12.6. The number of rotatable bonds is 5. The number of aryl methyl sites for hydroxylation is 1. The number of nitrogens with zero attached hydrogens (tertiary/aromatic N) is 2. The summed E-state index contributed by atoms with van der Waals surface area (Å²) >= 11 is 5.42. The summed E-state index contributed by atoms with van der Waals surface area (Å²) in [6, 6.07) is 19.8. The number of hydrogen-bond acceptors (Lipinski definition) is 3. The normalized spacial score (nSPS) is 11.2. The Kier molecular flexibility index (Phi) is 5.81. The van der Waals surface area contributed by atoms with Crippen LogP contribution in [0.25, 0.3) is 0 Å². The van der Waals surface area contributed by atoms with Gasteiger partial charge in [-0.1, -0.05) is 24.3 Å². The molecule has 26 heavy (non-hydrogen) atoms. The first-order valence-electron chi connectivity index (χ1n) is 8.34. The van der Waals surface area contributed by atoms with E-state index in [9.17, 15) is 0 Å². The van der Waals surface area contributed by atoms with E-state index < -0.39 is 0 Å². The second kappa shape index (κ2) is 8.45. The van der Waals surface area contributed by atoms with Gasteiger partial charge >= 0.3 is 0 Å². The lowest BCUT2D eigenvalue weighted by Crippen LogP contribution is -2.33. The number of benzene rings is 2. The number of amidine groups is 1. The quantitative estimate of drug-likeness (QED) is 0.322. The van der Waals surface area contributed by atoms with Crippen molar-refractivity contribution < 1.29 is 9.30 Å². The second-order valence-corrected chi connectivity index (χ2v) is 6.34. The largest absolute Gasteiger partial charge is 0.742 e. The fraction of sp³-hybridized carbons (Fsp3) is 0.143. The van der Waals surface area contributed by atoms with Crippen LogP contribution in [0.1, 0.15) is 11.1 Å². The smallest absolute Gasteiger partial charge is 0.175 e. The summed E-state index contributed by atoms with van der Waals surface area (Å²) in [5, 5.41) is 3.56. The number of ether oxygens (including phenoxy) is 1. The lowest BCUT2D eigenvalue weighted by atomic mass is 10.1. The minimum Gasteiger partial charge on any atom is -0.742 e. The molecular weight excluding hydrogens is 342 g/mol. The Hall–Kier alpha value is -2.92. The number of hydrogen-bond donors (Lipinski definition) is 1. The van der Waals surface area contributed by atoms with Crippen molar-refractivity contribution in [3.05, 3.63) is 84.2 Å². The predicted molar refractivity (Wildman–Crippen MR) is 108 cm³/mol. The minimum atomic E-state index is 0.417. The molecule has 2 aromatic carbocycles. The molecule has 0 amide bonds. The molecule has 0 fully saturated rings. The molecule has 1 N–H and O–H groups in total. The molecule has 4 nitrogen and oxygen atoms in total. The van der Waals surface area contributed by atoms with Crippen LogP contribution < -0.4 is 14.6 Å². The van der Waals surface area contributed by atoms with E-state index >= 15 is 0 Å². The van der Waals surface area contributed by atoms with Crippen LogP contribution in [0.2, 0.25) is 0 Å². The topological polar surface area (TPSA) is 37.5 Å². The van der Waals surface area contributed by atoms with Crippen LogP contribution in [0, 0.1) is 6.92 Å². The van der Waals surface area contributed by atoms with Gasteiger partial charge < -0.3 is 22.7 Å². The summed E-state index contributed by atoms with van der Waals surface area (Å²) in [5.74, 6) is 0.772. The van der Waals surface area contributed by atoms with Crippen molar-refractivity contribution in [1.82, 2.24) is 0 Å². The molecule has 0 atom stereocenters. The Labute approximate surface area is 159 Å². The number of pyridine rings is 1. The zero-order valence-electron chi connectivity index (χ0n) is 14.8. The van der Waals surface area contributed by atoms with Crippen molar-refractivity contribution in [2.75, 3.05) is 12.4 Å². The fourth-order valence-corrected chi connectivity index (χ4v) is 2.88. The molecule has 3 rings (SSSR count). The average Bonchev–Trinajstić information content (AvgIpc) is 2.63. The van der Waals surface area contributed by atoms with Crippen molar-refractivity contribution in [2.45, 2.75) is 13.5 Å². The minimum absolute atomic E-state index is 0.417. The van der Waals surface area contributed by atoms with Crippen LogP contribution in [0.4, 0.5) is 11.4 Å². The Morgan fingerprint density at radius 1 is 1.12 bits per heavy atom. The molecule has 0 saturated heterocycles. The standard InChI is InChI=1S/C21H21N3OS/c1-16-7-6-12-24(14-16)15-17-8-3-4-11-20(17)23-21(26)22-18-9-5-10-19(13-18)25-2/h3-14H,15H2,1-2H3,(H-,22,23,26). The van der Waals surface area contributed by atoms with Gasteiger partial charge in [-0.3, -0.25) is 4.99 Å². The second-order valence-electron chi connectivity index (χ2n) is 5.96. The van der Waals surface area contributed by atoms with Crippen molar-refractivity contribution >= 4 is 29.2 Å². The van der Waals surface area contributed by atoms with E-state index in [0.29, 0.717) is 5.17 Å². The van der Waals surface area contributed by atoms with Gasteiger partial charge in [-0.15, -0.1) is 0 Å². The molecule has 1 aromatic heterocycles. The Balaban J connectivity index is 1.81. The molecule has 0 spiro atoms. The summed E-state index contributed by atoms with van der Waals surface area (Å²) < 4.78 is 7.37. The fourth-order valence-electron chi connectivity index (χ4n) is 2.66. The summed E-state index contributed by atoms with van der Waals surface area (Å²) in [5.41, 5.74) is 4.04. The van der Waals surface area contributed by atoms with Crippen LogP contribution >= 0.6 is 0 Å². The molecule has 0 aliphatic rings. The van der Waals surface area contributed by atoms with Crippen molar-refractivity contribution in [3.8, 4) is 5.75 Å². The molecule has 0 unspecified atom stereocenters. The van der Waals surface area contributed by atoms with Crippen LogP contribution in [-0.4, -0.2) is 12.3 Å². The van der Waals surface area contributed by atoms with Gasteiger partial charge in [0.05, 0.1) is 12.8 Å². The molecule has 0 aliphatic carbocycles. The molecular formula is C21H21N3OS. The lowest BCUT2D eigenvalue weighted by Gasteiger charge is -2.15. The number of aromatic nitrogens is 1.